The lowest BCUT2D eigenvalue weighted by Crippen LogP contribution is -2.39. The molecule has 1 aliphatic rings. The summed E-state index contributed by atoms with van der Waals surface area (Å²) >= 11 is 0. The van der Waals surface area contributed by atoms with Crippen LogP contribution in [0.25, 0.3) is 0 Å². The van der Waals surface area contributed by atoms with Crippen molar-refractivity contribution in [2.24, 2.45) is 5.92 Å². The van der Waals surface area contributed by atoms with Crippen molar-refractivity contribution in [3.8, 4) is 0 Å². The lowest BCUT2D eigenvalue weighted by molar-refractivity contribution is -0.132. The minimum Gasteiger partial charge on any atom is -0.343 e. The van der Waals surface area contributed by atoms with E-state index in [2.05, 4.69) is 12.2 Å². The first kappa shape index (κ1) is 13.5. The molecule has 0 radical (unpaired) electrons. The van der Waals surface area contributed by atoms with Crippen molar-refractivity contribution < 1.29 is 4.79 Å². The minimum atomic E-state index is 0.314. The molecule has 0 aromatic carbocycles. The molecule has 1 fully saturated rings. The molecule has 1 amide bonds. The normalized spacial score (nSPS) is 25.4. The lowest BCUT2D eigenvalue weighted by atomic mass is 9.86. The smallest absolute Gasteiger partial charge is 0.222 e. The summed E-state index contributed by atoms with van der Waals surface area (Å²) in [5, 5.41) is 3.08. The number of nitrogens with one attached hydrogen (secondary N) is 1. The Hall–Kier alpha value is -0.570. The molecular formula is C13H26N2O. The summed E-state index contributed by atoms with van der Waals surface area (Å²) in [5.41, 5.74) is 0. The van der Waals surface area contributed by atoms with Crippen LogP contribution in [0.2, 0.25) is 0 Å². The Bertz CT molecular complexity index is 218. The summed E-state index contributed by atoms with van der Waals surface area (Å²) in [6.07, 6.45) is 6.62. The van der Waals surface area contributed by atoms with Gasteiger partial charge in [0, 0.05) is 19.5 Å². The minimum absolute atomic E-state index is 0.314. The van der Waals surface area contributed by atoms with Crippen LogP contribution in [-0.4, -0.2) is 37.5 Å². The number of rotatable bonds is 5. The molecule has 2 atom stereocenters. The van der Waals surface area contributed by atoms with Crippen molar-refractivity contribution >= 4 is 5.91 Å². The predicted octanol–water partition coefficient (Wildman–Crippen LogP) is 2.02. The predicted molar refractivity (Wildman–Crippen MR) is 67.4 cm³/mol. The maximum Gasteiger partial charge on any atom is 0.222 e. The zero-order valence-corrected chi connectivity index (χ0v) is 11.0. The van der Waals surface area contributed by atoms with Crippen LogP contribution in [0.1, 0.15) is 45.4 Å². The maximum atomic E-state index is 11.9. The Labute approximate surface area is 99.6 Å². The third kappa shape index (κ3) is 4.12. The molecule has 0 aliphatic heterocycles. The van der Waals surface area contributed by atoms with Gasteiger partial charge in [0.15, 0.2) is 0 Å². The van der Waals surface area contributed by atoms with Gasteiger partial charge >= 0.3 is 0 Å². The molecule has 0 saturated heterocycles. The summed E-state index contributed by atoms with van der Waals surface area (Å²) in [6, 6.07) is 0.492. The fraction of sp³-hybridized carbons (Fsp3) is 0.923. The molecule has 3 heteroatoms. The SMILES string of the molecule is CNCCCC(=O)N(C)C1CCCC(C)C1. The van der Waals surface area contributed by atoms with Crippen molar-refractivity contribution in [1.82, 2.24) is 10.2 Å². The first-order valence-corrected chi connectivity index (χ1v) is 6.55. The lowest BCUT2D eigenvalue weighted by Gasteiger charge is -2.34. The Morgan fingerprint density at radius 1 is 1.44 bits per heavy atom. The second-order valence-electron chi connectivity index (χ2n) is 5.14. The van der Waals surface area contributed by atoms with Crippen LogP contribution < -0.4 is 5.32 Å². The second-order valence-corrected chi connectivity index (χ2v) is 5.14. The van der Waals surface area contributed by atoms with Gasteiger partial charge in [-0.1, -0.05) is 19.8 Å². The molecule has 94 valence electrons. The van der Waals surface area contributed by atoms with E-state index in [0.29, 0.717) is 18.4 Å². The maximum absolute atomic E-state index is 11.9. The molecule has 0 spiro atoms. The van der Waals surface area contributed by atoms with Gasteiger partial charge in [0.05, 0.1) is 0 Å². The van der Waals surface area contributed by atoms with Crippen molar-refractivity contribution in [3.63, 3.8) is 0 Å². The molecule has 1 aliphatic carbocycles. The molecule has 0 bridgehead atoms. The van der Waals surface area contributed by atoms with E-state index in [-0.39, 0.29) is 0 Å². The quantitative estimate of drug-likeness (QED) is 0.727. The Balaban J connectivity index is 2.31. The highest BCUT2D eigenvalue weighted by Crippen LogP contribution is 2.26. The third-order valence-electron chi connectivity index (χ3n) is 3.67. The highest BCUT2D eigenvalue weighted by molar-refractivity contribution is 5.76. The first-order chi connectivity index (χ1) is 7.65. The third-order valence-corrected chi connectivity index (χ3v) is 3.67. The van der Waals surface area contributed by atoms with E-state index in [1.54, 1.807) is 0 Å². The fourth-order valence-electron chi connectivity index (χ4n) is 2.55. The zero-order valence-electron chi connectivity index (χ0n) is 11.0. The van der Waals surface area contributed by atoms with Crippen molar-refractivity contribution in [1.29, 1.82) is 0 Å². The second kappa shape index (κ2) is 6.89. The average molecular weight is 226 g/mol. The highest BCUT2D eigenvalue weighted by Gasteiger charge is 2.24. The van der Waals surface area contributed by atoms with Gasteiger partial charge in [-0.15, -0.1) is 0 Å². The summed E-state index contributed by atoms with van der Waals surface area (Å²) in [6.45, 7) is 3.23. The van der Waals surface area contributed by atoms with Gasteiger partial charge in [-0.05, 0) is 38.8 Å². The van der Waals surface area contributed by atoms with Gasteiger partial charge in [0.1, 0.15) is 0 Å². The van der Waals surface area contributed by atoms with E-state index in [1.165, 1.54) is 25.7 Å². The molecule has 16 heavy (non-hydrogen) atoms. The summed E-state index contributed by atoms with van der Waals surface area (Å²) in [5.74, 6) is 1.10. The molecule has 1 N–H and O–H groups in total. The van der Waals surface area contributed by atoms with Crippen LogP contribution >= 0.6 is 0 Å². The monoisotopic (exact) mass is 226 g/mol. The number of amides is 1. The summed E-state index contributed by atoms with van der Waals surface area (Å²) in [7, 11) is 3.90. The van der Waals surface area contributed by atoms with Crippen molar-refractivity contribution in [3.05, 3.63) is 0 Å². The van der Waals surface area contributed by atoms with Gasteiger partial charge < -0.3 is 10.2 Å². The Morgan fingerprint density at radius 3 is 2.81 bits per heavy atom. The number of nitrogens with zero attached hydrogens (tertiary/aromatic N) is 1. The van der Waals surface area contributed by atoms with Gasteiger partial charge in [-0.2, -0.15) is 0 Å². The van der Waals surface area contributed by atoms with E-state index in [0.717, 1.165) is 18.9 Å². The molecule has 1 rings (SSSR count). The Kier molecular flexibility index (Phi) is 5.81. The van der Waals surface area contributed by atoms with E-state index in [1.807, 2.05) is 19.0 Å². The zero-order chi connectivity index (χ0) is 12.0. The van der Waals surface area contributed by atoms with Crippen molar-refractivity contribution in [2.45, 2.75) is 51.5 Å². The van der Waals surface area contributed by atoms with Crippen LogP contribution in [0.5, 0.6) is 0 Å². The summed E-state index contributed by atoms with van der Waals surface area (Å²) in [4.78, 5) is 13.9. The topological polar surface area (TPSA) is 32.3 Å². The van der Waals surface area contributed by atoms with Crippen LogP contribution in [0.15, 0.2) is 0 Å². The Morgan fingerprint density at radius 2 is 2.19 bits per heavy atom. The van der Waals surface area contributed by atoms with Gasteiger partial charge in [-0.3, -0.25) is 4.79 Å². The van der Waals surface area contributed by atoms with Crippen LogP contribution in [-0.2, 0) is 4.79 Å². The molecule has 3 nitrogen and oxygen atoms in total. The van der Waals surface area contributed by atoms with E-state index < -0.39 is 0 Å². The van der Waals surface area contributed by atoms with Crippen LogP contribution in [0.3, 0.4) is 0 Å². The molecular weight excluding hydrogens is 200 g/mol. The fourth-order valence-corrected chi connectivity index (χ4v) is 2.55. The largest absolute Gasteiger partial charge is 0.343 e. The number of carbonyl (C=O) groups excluding carboxylic acids is 1. The van der Waals surface area contributed by atoms with E-state index >= 15 is 0 Å². The highest BCUT2D eigenvalue weighted by atomic mass is 16.2. The first-order valence-electron chi connectivity index (χ1n) is 6.55. The molecule has 2 unspecified atom stereocenters. The number of hydrogen-bond donors (Lipinski definition) is 1. The van der Waals surface area contributed by atoms with Gasteiger partial charge in [0.25, 0.3) is 0 Å². The summed E-state index contributed by atoms with van der Waals surface area (Å²) < 4.78 is 0. The standard InChI is InChI=1S/C13H26N2O/c1-11-6-4-7-12(10-11)15(3)13(16)8-5-9-14-2/h11-12,14H,4-10H2,1-3H3. The van der Waals surface area contributed by atoms with Crippen LogP contribution in [0.4, 0.5) is 0 Å². The van der Waals surface area contributed by atoms with Gasteiger partial charge in [-0.25, -0.2) is 0 Å². The van der Waals surface area contributed by atoms with Gasteiger partial charge in [0.2, 0.25) is 5.91 Å². The van der Waals surface area contributed by atoms with E-state index in [9.17, 15) is 4.79 Å². The van der Waals surface area contributed by atoms with E-state index in [4.69, 9.17) is 0 Å². The number of hydrogen-bond acceptors (Lipinski definition) is 2. The van der Waals surface area contributed by atoms with Crippen molar-refractivity contribution in [2.75, 3.05) is 20.6 Å². The number of carbonyl (C=O) groups is 1. The molecule has 0 aromatic heterocycles. The van der Waals surface area contributed by atoms with Crippen LogP contribution in [0, 0.1) is 5.92 Å². The molecule has 0 heterocycles. The molecule has 1 saturated carbocycles. The average Bonchev–Trinajstić information content (AvgIpc) is 2.28. The molecule has 0 aromatic rings.